The predicted octanol–water partition coefficient (Wildman–Crippen LogP) is -0.455. The van der Waals surface area contributed by atoms with E-state index in [-0.39, 0.29) is 0 Å². The zero-order valence-corrected chi connectivity index (χ0v) is 3.72. The summed E-state index contributed by atoms with van der Waals surface area (Å²) in [4.78, 5) is 0. The van der Waals surface area contributed by atoms with Gasteiger partial charge in [-0.05, 0) is 0 Å². The summed E-state index contributed by atoms with van der Waals surface area (Å²) in [6.45, 7) is 0. The van der Waals surface area contributed by atoms with Gasteiger partial charge in [0.2, 0.25) is 0 Å². The summed E-state index contributed by atoms with van der Waals surface area (Å²) in [5.41, 5.74) is 7.22. The molecule has 0 spiro atoms. The number of hydrogen-bond acceptors (Lipinski definition) is 2. The molecule has 29 valence electrons. The molecule has 0 atom stereocenters. The van der Waals surface area contributed by atoms with Crippen LogP contribution in [0.1, 0.15) is 0 Å². The van der Waals surface area contributed by atoms with Crippen LogP contribution in [0.4, 0.5) is 0 Å². The maximum absolute atomic E-state index is 4.23. The van der Waals surface area contributed by atoms with E-state index in [1.54, 1.807) is 7.05 Å². The Bertz CT molecular complexity index is 28.8. The topological polar surface area (TPSA) is 24.1 Å². The summed E-state index contributed by atoms with van der Waals surface area (Å²) in [5.74, 6) is 0. The van der Waals surface area contributed by atoms with Gasteiger partial charge in [0.1, 0.15) is 5.49 Å². The van der Waals surface area contributed by atoms with Crippen LogP contribution in [0.3, 0.4) is 0 Å². The van der Waals surface area contributed by atoms with Crippen molar-refractivity contribution in [2.75, 3.05) is 7.05 Å². The molecule has 0 aromatic carbocycles. The van der Waals surface area contributed by atoms with Crippen LogP contribution >= 0.6 is 12.2 Å². The lowest BCUT2D eigenvalue weighted by Gasteiger charge is -1.84. The van der Waals surface area contributed by atoms with Crippen molar-refractivity contribution < 1.29 is 0 Å². The fraction of sp³-hybridized carbons (Fsp3) is 0.500. The molecule has 5 heavy (non-hydrogen) atoms. The average molecular weight is 89.1 g/mol. The van der Waals surface area contributed by atoms with Gasteiger partial charge in [-0.15, -0.1) is 0 Å². The molecule has 3 heteroatoms. The highest BCUT2D eigenvalue weighted by Crippen LogP contribution is 1.30. The Morgan fingerprint density at radius 2 is 2.40 bits per heavy atom. The number of rotatable bonds is 2. The van der Waals surface area contributed by atoms with Crippen molar-refractivity contribution in [2.24, 2.45) is 0 Å². The Morgan fingerprint density at radius 1 is 1.80 bits per heavy atom. The molecular weight excluding hydrogens is 84.1 g/mol. The van der Waals surface area contributed by atoms with E-state index < -0.39 is 0 Å². The number of hydrogen-bond donors (Lipinski definition) is 2. The van der Waals surface area contributed by atoms with Crippen LogP contribution in [0.2, 0.25) is 0 Å². The van der Waals surface area contributed by atoms with Gasteiger partial charge in [0.05, 0.1) is 0 Å². The molecule has 0 aliphatic heterocycles. The molecule has 2 N–H and O–H groups in total. The van der Waals surface area contributed by atoms with E-state index in [0.717, 1.165) is 0 Å². The lowest BCUT2D eigenvalue weighted by Crippen LogP contribution is -2.24. The zero-order valence-electron chi connectivity index (χ0n) is 2.91. The van der Waals surface area contributed by atoms with Gasteiger partial charge >= 0.3 is 0 Å². The highest BCUT2D eigenvalue weighted by Gasteiger charge is 1.53. The van der Waals surface area contributed by atoms with Crippen LogP contribution < -0.4 is 10.9 Å². The Hall–Kier alpha value is -0.150. The minimum absolute atomic E-state index is 1.72. The summed E-state index contributed by atoms with van der Waals surface area (Å²) in [5, 5.41) is 0. The van der Waals surface area contributed by atoms with Gasteiger partial charge in [0.15, 0.2) is 0 Å². The van der Waals surface area contributed by atoms with Gasteiger partial charge in [-0.25, -0.2) is 5.43 Å². The first-order chi connectivity index (χ1) is 2.41. The second kappa shape index (κ2) is 3.85. The van der Waals surface area contributed by atoms with Crippen LogP contribution in [-0.2, 0) is 0 Å². The van der Waals surface area contributed by atoms with Crippen LogP contribution in [0.15, 0.2) is 0 Å². The second-order valence-electron chi connectivity index (χ2n) is 0.477. The minimum Gasteiger partial charge on any atom is -0.310 e. The van der Waals surface area contributed by atoms with Crippen LogP contribution in [0, 0.1) is 0 Å². The fourth-order valence-corrected chi connectivity index (χ4v) is 0.153. The average Bonchev–Trinajstić information content (AvgIpc) is 1.41. The van der Waals surface area contributed by atoms with E-state index in [1.165, 1.54) is 0 Å². The third-order valence-corrected chi connectivity index (χ3v) is 0.278. The Balaban J connectivity index is 2.40. The van der Waals surface area contributed by atoms with E-state index in [2.05, 4.69) is 28.6 Å². The molecule has 0 saturated heterocycles. The maximum Gasteiger partial charge on any atom is 0.149 e. The van der Waals surface area contributed by atoms with Crippen LogP contribution in [0.5, 0.6) is 0 Å². The third-order valence-electron chi connectivity index (χ3n) is 0.176. The van der Waals surface area contributed by atoms with Gasteiger partial charge in [-0.2, -0.15) is 0 Å². The first kappa shape index (κ1) is 4.85. The number of thiocarbonyl (C=S) groups is 1. The largest absolute Gasteiger partial charge is 0.310 e. The highest BCUT2D eigenvalue weighted by atomic mass is 32.1. The van der Waals surface area contributed by atoms with E-state index in [0.29, 0.717) is 0 Å². The fourth-order valence-electron chi connectivity index (χ4n) is 0.0510. The maximum atomic E-state index is 4.23. The Kier molecular flexibility index (Phi) is 3.73. The molecular formula is C2H5N2S. The first-order valence-corrected chi connectivity index (χ1v) is 1.61. The van der Waals surface area contributed by atoms with Gasteiger partial charge in [0, 0.05) is 7.05 Å². The number of nitrogens with one attached hydrogen (secondary N) is 2. The van der Waals surface area contributed by atoms with Gasteiger partial charge in [0.25, 0.3) is 0 Å². The van der Waals surface area contributed by atoms with E-state index in [1.807, 2.05) is 0 Å². The molecule has 2 nitrogen and oxygen atoms in total. The minimum atomic E-state index is 1.72. The summed E-state index contributed by atoms with van der Waals surface area (Å²) < 4.78 is 0. The summed E-state index contributed by atoms with van der Waals surface area (Å²) in [7, 11) is 1.72. The van der Waals surface area contributed by atoms with E-state index >= 15 is 0 Å². The molecule has 0 heterocycles. The van der Waals surface area contributed by atoms with Crippen molar-refractivity contribution >= 4 is 17.7 Å². The third kappa shape index (κ3) is 3.85. The van der Waals surface area contributed by atoms with Crippen molar-refractivity contribution in [1.82, 2.24) is 10.9 Å². The van der Waals surface area contributed by atoms with Gasteiger partial charge in [-0.3, -0.25) is 0 Å². The first-order valence-electron chi connectivity index (χ1n) is 1.20. The second-order valence-corrected chi connectivity index (χ2v) is 0.681. The Labute approximate surface area is 36.5 Å². The van der Waals surface area contributed by atoms with E-state index in [4.69, 9.17) is 0 Å². The molecule has 0 aromatic heterocycles. The van der Waals surface area contributed by atoms with Gasteiger partial charge in [-0.1, -0.05) is 12.2 Å². The number of hydrazine groups is 1. The van der Waals surface area contributed by atoms with Crippen molar-refractivity contribution in [3.05, 3.63) is 0 Å². The molecule has 0 fully saturated rings. The monoisotopic (exact) mass is 89.0 g/mol. The van der Waals surface area contributed by atoms with Crippen LogP contribution in [0.25, 0.3) is 0 Å². The van der Waals surface area contributed by atoms with Crippen molar-refractivity contribution in [3.8, 4) is 0 Å². The molecule has 0 bridgehead atoms. The molecule has 1 radical (unpaired) electrons. The lowest BCUT2D eigenvalue weighted by atomic mass is 11.4. The smallest absolute Gasteiger partial charge is 0.149 e. The summed E-state index contributed by atoms with van der Waals surface area (Å²) >= 11 is 4.23. The summed E-state index contributed by atoms with van der Waals surface area (Å²) in [6.07, 6.45) is 0. The summed E-state index contributed by atoms with van der Waals surface area (Å²) in [6, 6.07) is 0. The normalized spacial score (nSPS) is 6.60. The van der Waals surface area contributed by atoms with Gasteiger partial charge < -0.3 is 5.43 Å². The van der Waals surface area contributed by atoms with Crippen LogP contribution in [-0.4, -0.2) is 12.5 Å². The predicted molar refractivity (Wildman–Crippen MR) is 24.8 cm³/mol. The van der Waals surface area contributed by atoms with Crippen molar-refractivity contribution in [3.63, 3.8) is 0 Å². The molecule has 0 aliphatic carbocycles. The van der Waals surface area contributed by atoms with Crippen molar-refractivity contribution in [1.29, 1.82) is 0 Å². The quantitative estimate of drug-likeness (QED) is 0.272. The molecule has 0 aliphatic rings. The Morgan fingerprint density at radius 3 is 2.40 bits per heavy atom. The zero-order chi connectivity index (χ0) is 4.12. The molecule has 0 rings (SSSR count). The molecule has 0 amide bonds. The highest BCUT2D eigenvalue weighted by molar-refractivity contribution is 7.78. The van der Waals surface area contributed by atoms with Crippen molar-refractivity contribution in [2.45, 2.75) is 0 Å². The molecule has 0 saturated carbocycles. The van der Waals surface area contributed by atoms with E-state index in [9.17, 15) is 0 Å². The molecule has 0 aromatic rings. The standard InChI is InChI=1S/C2H5N2S/c1-3-4-2-5/h3H,1H3,(H,4,5). The SMILES string of the molecule is CNN[C]=S. The lowest BCUT2D eigenvalue weighted by molar-refractivity contribution is 0.789. The molecule has 0 unspecified atom stereocenters.